The van der Waals surface area contributed by atoms with E-state index in [1.807, 2.05) is 58.8 Å². The highest BCUT2D eigenvalue weighted by atomic mass is 79.9. The molecule has 45 nitrogen and oxygen atoms in total. The molecule has 0 aliphatic carbocycles. The first kappa shape index (κ1) is 123. The summed E-state index contributed by atoms with van der Waals surface area (Å²) in [7, 11) is 0. The van der Waals surface area contributed by atoms with Gasteiger partial charge in [0.05, 0.1) is 86.6 Å². The molecule has 13 amide bonds. The number of anilines is 1. The summed E-state index contributed by atoms with van der Waals surface area (Å²) in [5, 5.41) is 107. The Hall–Kier alpha value is -8.51. The minimum absolute atomic E-state index is 0. The number of thioether (sulfide) groups is 5. The minimum Gasteiger partial charge on any atom is -0.481 e. The molecule has 12 aliphatic heterocycles. The van der Waals surface area contributed by atoms with Crippen molar-refractivity contribution in [3.63, 3.8) is 0 Å². The van der Waals surface area contributed by atoms with Crippen molar-refractivity contribution < 1.29 is 138 Å². The molecule has 0 aromatic heterocycles. The lowest BCUT2D eigenvalue weighted by molar-refractivity contribution is -0.200. The van der Waals surface area contributed by atoms with Crippen LogP contribution in [0.5, 0.6) is 0 Å². The van der Waals surface area contributed by atoms with Crippen LogP contribution in [-0.4, -0.2) is 415 Å². The number of hydrogen-bond acceptors (Lipinski definition) is 32. The summed E-state index contributed by atoms with van der Waals surface area (Å²) in [6.07, 6.45) is 25.2. The Kier molecular flexibility index (Phi) is 60.6. The number of ether oxygens (including phenoxy) is 3. The first-order chi connectivity index (χ1) is 67.2. The number of hydrogen-bond donors (Lipinski definition) is 20. The Morgan fingerprint density at radius 2 is 0.766 bits per heavy atom. The van der Waals surface area contributed by atoms with E-state index in [-0.39, 0.29) is 211 Å². The molecule has 20 N–H and O–H groups in total. The van der Waals surface area contributed by atoms with Crippen LogP contribution in [-0.2, 0) is 90.6 Å². The maximum absolute atomic E-state index is 12.6. The predicted molar refractivity (Wildman–Crippen MR) is 540 cm³/mol. The maximum Gasteiger partial charge on any atom is 0.358 e. The van der Waals surface area contributed by atoms with E-state index in [4.69, 9.17) is 45.6 Å². The van der Waals surface area contributed by atoms with Gasteiger partial charge in [0.2, 0.25) is 5.91 Å². The Morgan fingerprint density at radius 1 is 0.440 bits per heavy atom. The number of halogens is 1. The zero-order valence-electron chi connectivity index (χ0n) is 79.2. The topological polar surface area (TPSA) is 644 Å². The number of benzene rings is 1. The first-order valence-electron chi connectivity index (χ1n) is 47.0. The molecule has 791 valence electrons. The van der Waals surface area contributed by atoms with Crippen molar-refractivity contribution in [2.24, 2.45) is 0 Å². The SMILES string of the molecule is C.N=S.O=C(O)CBr.O=C(O)CCCCC1SCC2NC(=O)NC21.O=C(O)CN1CCN(CC(=O)O)CCN(CC(=O)O)C(Cc2ccc(NC(=O)COCCCCCC3SCC4NC(=O)NC43)cc2)CN(CC(=O)O)CC1.O=C(O)COCCCCCC1SCC2NC(=O)NC21.O=C1NC2CSC(CCCCCO)C2N1.O=C1NC2CSC(CCCCCOCC(=O)ON3C(=O)CCC3=O)C2N1.[2H]C#C.[B]. The van der Waals surface area contributed by atoms with Crippen LogP contribution in [0.1, 0.15) is 156 Å². The van der Waals surface area contributed by atoms with Gasteiger partial charge >= 0.3 is 77.9 Å². The maximum atomic E-state index is 12.6. The number of unbranched alkanes of at least 4 members (excludes halogenated alkanes) is 9. The van der Waals surface area contributed by atoms with Crippen LogP contribution in [0.3, 0.4) is 0 Å². The van der Waals surface area contributed by atoms with Crippen LogP contribution in [0.4, 0.5) is 29.7 Å². The van der Waals surface area contributed by atoms with Gasteiger partial charge in [0.1, 0.15) is 26.5 Å². The molecule has 16 unspecified atom stereocenters. The van der Waals surface area contributed by atoms with E-state index in [1.54, 1.807) is 43.9 Å². The van der Waals surface area contributed by atoms with E-state index in [9.17, 15) is 97.1 Å². The number of hydroxylamine groups is 2. The number of rotatable bonds is 47. The number of aliphatic carboxylic acids is 7. The van der Waals surface area contributed by atoms with Gasteiger partial charge in [0.25, 0.3) is 11.8 Å². The van der Waals surface area contributed by atoms with Crippen LogP contribution in [0, 0.1) is 17.6 Å². The molecule has 16 atom stereocenters. The molecule has 1 aromatic rings. The number of aliphatic hydroxyl groups is 1. The highest BCUT2D eigenvalue weighted by Gasteiger charge is 2.47. The number of urea groups is 5. The van der Waals surface area contributed by atoms with Crippen molar-refractivity contribution in [1.29, 1.82) is 4.78 Å². The number of amides is 13. The molecule has 141 heavy (non-hydrogen) atoms. The number of carboxylic acid groups (broad SMARTS) is 7. The molecule has 1 aromatic carbocycles. The smallest absolute Gasteiger partial charge is 0.358 e. The van der Waals surface area contributed by atoms with Crippen molar-refractivity contribution in [1.82, 2.24) is 77.8 Å². The summed E-state index contributed by atoms with van der Waals surface area (Å²) in [6, 6.07) is 8.93. The zero-order chi connectivity index (χ0) is 102. The van der Waals surface area contributed by atoms with E-state index in [0.717, 1.165) is 156 Å². The fourth-order valence-electron chi connectivity index (χ4n) is 17.5. The third kappa shape index (κ3) is 47.5. The fourth-order valence-corrected chi connectivity index (χ4v) is 25.2. The summed E-state index contributed by atoms with van der Waals surface area (Å²) in [5.74, 6) is -3.93. The van der Waals surface area contributed by atoms with Gasteiger partial charge in [0.15, 0.2) is 0 Å². The number of carbonyl (C=O) groups is 16. The number of nitrogens with zero attached hydrogens (tertiary/aromatic N) is 5. The average molecular weight is 2170 g/mol. The molecule has 3 radical (unpaired) electrons. The number of carbonyl (C=O) groups excluding carboxylic acids is 9. The Morgan fingerprint density at radius 3 is 1.11 bits per heavy atom. The molecular formula is C88H140BBrN17O28S6. The molecule has 13 rings (SSSR count). The molecule has 12 fully saturated rings. The number of fused-ring (bicyclic) bond motifs is 5. The number of carboxylic acids is 7. The molecule has 12 saturated heterocycles. The average Bonchev–Trinajstić information content (AvgIpc) is 1.70. The van der Waals surface area contributed by atoms with E-state index in [2.05, 4.69) is 93.3 Å². The van der Waals surface area contributed by atoms with Crippen molar-refractivity contribution in [3.8, 4) is 12.8 Å². The highest BCUT2D eigenvalue weighted by molar-refractivity contribution is 9.09. The van der Waals surface area contributed by atoms with Crippen molar-refractivity contribution in [2.75, 3.05) is 158 Å². The number of terminal acetylenes is 1. The standard InChI is InChI=1S/C35H53N7O11S.C16H23N3O6S.C12H20N2O4S.C10H16N2O3S.C10H18N2O2S.C2H3BrO2.C2H2.CH4.B.HNS/c43-29(22-53-15-3-1-2-4-28-34-27(23-54-28)37-35(52)38-34)36-25-7-5-24(6-8-25)16-26-17-41(20-32(48)49)12-11-39(18-30(44)45)9-10-40(19-31(46)47)13-14-42(26)21-33(50)51;20-12-5-6-13(21)19(12)25-14(22)8-24-7-3-1-2-4-11-15-10(9-26-11)17-16(23)18-15;15-10(16)6-18-5-3-1-2-4-9-11-8(7-19-9)13-12(17)14-11;13-8(14)4-2-1-3-7-9-6(5-16-7)11-10(15)12-9;13-5-3-1-2-4-8-9-7(6-15-8)11-10(14)12-9;3-1-2(4)5;1-2;;;1-2/h5-8,26-28,34H,1-4,9-23H2,(H,36,43)(H,44,45)(H,46,47)(H,48,49)(H,50,51)(H2,37,38,52);10-11,15H,1-9H2,(H2,17,18,23);8-9,11H,1-7H2,(H,15,16)(H2,13,14,17);6-7,9H,1-5H2,(H,13,14)(H2,11,12,15);7-9,13H,1-6H2,(H2,11,12,14);1H2,(H,4,5);1-2H;1H4;;1H/i;;;;;;1D;;;. The third-order valence-corrected chi connectivity index (χ3v) is 32.1. The lowest BCUT2D eigenvalue weighted by Gasteiger charge is -2.37. The van der Waals surface area contributed by atoms with Crippen molar-refractivity contribution in [2.45, 2.75) is 248 Å². The third-order valence-electron chi connectivity index (χ3n) is 24.1. The van der Waals surface area contributed by atoms with E-state index >= 15 is 0 Å². The molecule has 12 heterocycles. The Bertz CT molecular complexity index is 4180. The molecule has 53 heteroatoms. The highest BCUT2D eigenvalue weighted by Crippen LogP contribution is 2.38. The molecule has 12 aliphatic rings. The Labute approximate surface area is 860 Å². The van der Waals surface area contributed by atoms with Gasteiger partial charge < -0.3 is 118 Å². The lowest BCUT2D eigenvalue weighted by Crippen LogP contribution is -2.53. The summed E-state index contributed by atoms with van der Waals surface area (Å²) in [4.78, 5) is 191. The van der Waals surface area contributed by atoms with Gasteiger partial charge in [0, 0.05) is 179 Å². The summed E-state index contributed by atoms with van der Waals surface area (Å²) in [5.41, 5.74) is 1.35. The lowest BCUT2D eigenvalue weighted by atomic mass is 10.0. The molecular weight excluding hydrogens is 2030 g/mol. The van der Waals surface area contributed by atoms with Gasteiger partial charge in [-0.2, -0.15) is 58.8 Å². The zero-order valence-corrected chi connectivity index (χ0v) is 84.7. The van der Waals surface area contributed by atoms with Crippen LogP contribution in [0.15, 0.2) is 24.3 Å². The molecule has 0 spiro atoms. The summed E-state index contributed by atoms with van der Waals surface area (Å²) < 4.78 is 26.9. The second-order valence-corrected chi connectivity index (χ2v) is 41.4. The summed E-state index contributed by atoms with van der Waals surface area (Å²) in [6.45, 7) is 1.18. The second kappa shape index (κ2) is 69.5. The van der Waals surface area contributed by atoms with Gasteiger partial charge in [-0.05, 0) is 88.3 Å². The van der Waals surface area contributed by atoms with E-state index < -0.39 is 65.6 Å². The van der Waals surface area contributed by atoms with E-state index in [1.165, 1.54) is 6.40 Å². The number of alkyl halides is 1. The van der Waals surface area contributed by atoms with Crippen LogP contribution in [0.25, 0.3) is 0 Å². The number of imide groups is 1. The van der Waals surface area contributed by atoms with Gasteiger partial charge in [-0.1, -0.05) is 93.3 Å². The molecule has 0 bridgehead atoms. The second-order valence-electron chi connectivity index (χ2n) is 34.4. The fraction of sp³-hybridized carbons (Fsp3) is 0.727. The van der Waals surface area contributed by atoms with Crippen molar-refractivity contribution >= 4 is 197 Å². The van der Waals surface area contributed by atoms with Crippen LogP contribution >= 0.6 is 74.7 Å². The normalized spacial score (nSPS) is 25.5. The quantitative estimate of drug-likeness (QED) is 0.0110. The van der Waals surface area contributed by atoms with Crippen LogP contribution < -0.4 is 58.5 Å². The predicted octanol–water partition coefficient (Wildman–Crippen LogP) is 3.76. The summed E-state index contributed by atoms with van der Waals surface area (Å²) >= 11 is 15.6. The minimum atomic E-state index is -1.09. The van der Waals surface area contributed by atoms with Gasteiger partial charge in [-0.25, -0.2) is 38.3 Å². The first-order valence-corrected chi connectivity index (χ1v) is 53.3. The number of nitrogens with one attached hydrogen (secondary N) is 12. The van der Waals surface area contributed by atoms with Gasteiger partial charge in [-0.15, -0.1) is 17.9 Å². The van der Waals surface area contributed by atoms with E-state index in [0.29, 0.717) is 88.0 Å². The van der Waals surface area contributed by atoms with Crippen LogP contribution in [0.2, 0.25) is 0 Å². The monoisotopic (exact) mass is 2170 g/mol. The van der Waals surface area contributed by atoms with Crippen molar-refractivity contribution in [3.05, 3.63) is 29.8 Å². The van der Waals surface area contributed by atoms with Gasteiger partial charge in [-0.3, -0.25) is 62.8 Å². The number of aliphatic hydroxyl groups excluding tert-OH is 1. The molecule has 0 saturated carbocycles. The Balaban J connectivity index is 0.000000395. The largest absolute Gasteiger partial charge is 0.481 e.